The maximum absolute atomic E-state index is 9.82. The van der Waals surface area contributed by atoms with Gasteiger partial charge in [0, 0.05) is 12.1 Å². The highest BCUT2D eigenvalue weighted by atomic mass is 16.4. The van der Waals surface area contributed by atoms with Gasteiger partial charge in [-0.15, -0.1) is 0 Å². The van der Waals surface area contributed by atoms with Crippen molar-refractivity contribution in [2.24, 2.45) is 5.92 Å². The molecule has 0 bridgehead atoms. The molecular weight excluding hydrogens is 190 g/mol. The lowest BCUT2D eigenvalue weighted by molar-refractivity contribution is 0.133. The Balaban J connectivity index is 1.82. The lowest BCUT2D eigenvalue weighted by atomic mass is 9.98. The molecule has 0 aromatic carbocycles. The summed E-state index contributed by atoms with van der Waals surface area (Å²) in [6, 6.07) is 3.60. The molecule has 1 fully saturated rings. The van der Waals surface area contributed by atoms with Gasteiger partial charge in [0.1, 0.15) is 11.9 Å². The number of β-amino-alcohol motifs (C(OH)–C–C–N with tert-alkyl or cyclic N) is 1. The van der Waals surface area contributed by atoms with E-state index in [4.69, 9.17) is 4.42 Å². The van der Waals surface area contributed by atoms with Crippen molar-refractivity contribution in [3.63, 3.8) is 0 Å². The van der Waals surface area contributed by atoms with Crippen molar-refractivity contribution >= 4 is 0 Å². The first-order chi connectivity index (χ1) is 7.09. The highest BCUT2D eigenvalue weighted by Crippen LogP contribution is 2.39. The van der Waals surface area contributed by atoms with E-state index in [-0.39, 0.29) is 5.54 Å². The molecule has 3 nitrogen and oxygen atoms in total. The fraction of sp³-hybridized carbons (Fsp3) is 0.667. The average Bonchev–Trinajstić information content (AvgIpc) is 2.92. The van der Waals surface area contributed by atoms with Crippen LogP contribution in [0.2, 0.25) is 0 Å². The third-order valence-electron chi connectivity index (χ3n) is 3.22. The second kappa shape index (κ2) is 3.99. The van der Waals surface area contributed by atoms with Gasteiger partial charge >= 0.3 is 0 Å². The molecule has 84 valence electrons. The minimum absolute atomic E-state index is 0.133. The molecule has 0 radical (unpaired) electrons. The van der Waals surface area contributed by atoms with E-state index in [1.807, 2.05) is 0 Å². The Bertz CT molecular complexity index is 301. The third-order valence-corrected chi connectivity index (χ3v) is 3.22. The van der Waals surface area contributed by atoms with Crippen LogP contribution in [0.25, 0.3) is 0 Å². The van der Waals surface area contributed by atoms with Crippen LogP contribution < -0.4 is 5.32 Å². The lowest BCUT2D eigenvalue weighted by Crippen LogP contribution is -2.43. The van der Waals surface area contributed by atoms with Crippen molar-refractivity contribution in [3.05, 3.63) is 24.2 Å². The fourth-order valence-electron chi connectivity index (χ4n) is 1.89. The first kappa shape index (κ1) is 10.7. The topological polar surface area (TPSA) is 45.4 Å². The molecule has 3 heteroatoms. The minimum Gasteiger partial charge on any atom is -0.467 e. The zero-order chi connectivity index (χ0) is 10.9. The van der Waals surface area contributed by atoms with Gasteiger partial charge in [0.25, 0.3) is 0 Å². The van der Waals surface area contributed by atoms with Crippen LogP contribution in [0.1, 0.15) is 38.6 Å². The molecular formula is C12H19NO2. The van der Waals surface area contributed by atoms with Gasteiger partial charge in [-0.1, -0.05) is 0 Å². The van der Waals surface area contributed by atoms with Crippen molar-refractivity contribution < 1.29 is 9.52 Å². The summed E-state index contributed by atoms with van der Waals surface area (Å²) in [6.45, 7) is 4.94. The van der Waals surface area contributed by atoms with Crippen LogP contribution in [0, 0.1) is 5.92 Å². The van der Waals surface area contributed by atoms with E-state index in [1.165, 1.54) is 12.8 Å². The molecule has 2 N–H and O–H groups in total. The molecule has 1 saturated carbocycles. The Hall–Kier alpha value is -0.800. The molecule has 0 saturated heterocycles. The standard InChI is InChI=1S/C12H19NO2/c1-12(2,9-5-6-9)13-8-10(14)11-4-3-7-15-11/h3-4,7,9-10,13-14H,5-6,8H2,1-2H3. The number of hydrogen-bond acceptors (Lipinski definition) is 3. The molecule has 1 aliphatic carbocycles. The Morgan fingerprint density at radius 1 is 1.60 bits per heavy atom. The summed E-state index contributed by atoms with van der Waals surface area (Å²) in [5.41, 5.74) is 0.133. The van der Waals surface area contributed by atoms with Gasteiger partial charge in [0.2, 0.25) is 0 Å². The Morgan fingerprint density at radius 2 is 2.33 bits per heavy atom. The van der Waals surface area contributed by atoms with Gasteiger partial charge in [0.05, 0.1) is 6.26 Å². The zero-order valence-corrected chi connectivity index (χ0v) is 9.36. The van der Waals surface area contributed by atoms with Gasteiger partial charge < -0.3 is 14.8 Å². The van der Waals surface area contributed by atoms with E-state index in [0.29, 0.717) is 12.3 Å². The van der Waals surface area contributed by atoms with Crippen LogP contribution in [-0.2, 0) is 0 Å². The van der Waals surface area contributed by atoms with Crippen molar-refractivity contribution in [2.75, 3.05) is 6.54 Å². The third kappa shape index (κ3) is 2.61. The molecule has 1 unspecified atom stereocenters. The number of aliphatic hydroxyl groups excluding tert-OH is 1. The lowest BCUT2D eigenvalue weighted by Gasteiger charge is -2.27. The Labute approximate surface area is 90.5 Å². The highest BCUT2D eigenvalue weighted by molar-refractivity contribution is 5.03. The minimum atomic E-state index is -0.543. The van der Waals surface area contributed by atoms with Crippen LogP contribution in [0.15, 0.2) is 22.8 Å². The average molecular weight is 209 g/mol. The quantitative estimate of drug-likeness (QED) is 0.780. The Morgan fingerprint density at radius 3 is 2.87 bits per heavy atom. The van der Waals surface area contributed by atoms with Crippen molar-refractivity contribution in [2.45, 2.75) is 38.3 Å². The van der Waals surface area contributed by atoms with E-state index in [1.54, 1.807) is 18.4 Å². The number of furan rings is 1. The highest BCUT2D eigenvalue weighted by Gasteiger charge is 2.37. The molecule has 1 aliphatic rings. The normalized spacial score (nSPS) is 19.1. The van der Waals surface area contributed by atoms with E-state index in [9.17, 15) is 5.11 Å². The molecule has 0 aliphatic heterocycles. The van der Waals surface area contributed by atoms with E-state index in [0.717, 1.165) is 5.92 Å². The largest absolute Gasteiger partial charge is 0.467 e. The summed E-state index contributed by atoms with van der Waals surface area (Å²) in [5.74, 6) is 1.40. The van der Waals surface area contributed by atoms with Crippen LogP contribution in [-0.4, -0.2) is 17.2 Å². The molecule has 0 amide bonds. The van der Waals surface area contributed by atoms with Crippen LogP contribution in [0.4, 0.5) is 0 Å². The summed E-state index contributed by atoms with van der Waals surface area (Å²) in [6.07, 6.45) is 3.65. The summed E-state index contributed by atoms with van der Waals surface area (Å²) >= 11 is 0. The molecule has 1 heterocycles. The van der Waals surface area contributed by atoms with Gasteiger partial charge in [-0.25, -0.2) is 0 Å². The van der Waals surface area contributed by atoms with Crippen molar-refractivity contribution in [1.29, 1.82) is 0 Å². The number of aliphatic hydroxyl groups is 1. The fourth-order valence-corrected chi connectivity index (χ4v) is 1.89. The first-order valence-corrected chi connectivity index (χ1v) is 5.56. The molecule has 1 aromatic heterocycles. The Kier molecular flexibility index (Phi) is 2.85. The molecule has 0 spiro atoms. The van der Waals surface area contributed by atoms with Gasteiger partial charge in [0.15, 0.2) is 0 Å². The summed E-state index contributed by atoms with van der Waals surface area (Å²) in [4.78, 5) is 0. The van der Waals surface area contributed by atoms with Crippen molar-refractivity contribution in [3.8, 4) is 0 Å². The molecule has 1 atom stereocenters. The molecule has 2 rings (SSSR count). The van der Waals surface area contributed by atoms with E-state index >= 15 is 0 Å². The predicted molar refractivity (Wildman–Crippen MR) is 58.5 cm³/mol. The summed E-state index contributed by atoms with van der Waals surface area (Å²) in [5, 5.41) is 13.2. The summed E-state index contributed by atoms with van der Waals surface area (Å²) in [7, 11) is 0. The maximum Gasteiger partial charge on any atom is 0.133 e. The van der Waals surface area contributed by atoms with Crippen LogP contribution in [0.5, 0.6) is 0 Å². The second-order valence-electron chi connectivity index (χ2n) is 4.91. The van der Waals surface area contributed by atoms with Gasteiger partial charge in [-0.3, -0.25) is 0 Å². The van der Waals surface area contributed by atoms with Crippen LogP contribution in [0.3, 0.4) is 0 Å². The van der Waals surface area contributed by atoms with Crippen LogP contribution >= 0.6 is 0 Å². The van der Waals surface area contributed by atoms with E-state index in [2.05, 4.69) is 19.2 Å². The van der Waals surface area contributed by atoms with Gasteiger partial charge in [-0.05, 0) is 44.7 Å². The smallest absolute Gasteiger partial charge is 0.133 e. The predicted octanol–water partition coefficient (Wildman–Crippen LogP) is 2.09. The number of hydrogen-bond donors (Lipinski definition) is 2. The molecule has 15 heavy (non-hydrogen) atoms. The maximum atomic E-state index is 9.82. The summed E-state index contributed by atoms with van der Waals surface area (Å²) < 4.78 is 5.15. The van der Waals surface area contributed by atoms with Crippen molar-refractivity contribution in [1.82, 2.24) is 5.32 Å². The number of nitrogens with one attached hydrogen (secondary N) is 1. The molecule has 1 aromatic rings. The number of rotatable bonds is 5. The second-order valence-corrected chi connectivity index (χ2v) is 4.91. The van der Waals surface area contributed by atoms with Gasteiger partial charge in [-0.2, -0.15) is 0 Å². The monoisotopic (exact) mass is 209 g/mol. The zero-order valence-electron chi connectivity index (χ0n) is 9.36. The first-order valence-electron chi connectivity index (χ1n) is 5.56. The van der Waals surface area contributed by atoms with E-state index < -0.39 is 6.10 Å². The SMILES string of the molecule is CC(C)(NCC(O)c1ccco1)C1CC1.